The molecule has 66 valence electrons. The summed E-state index contributed by atoms with van der Waals surface area (Å²) in [5, 5.41) is 2.81. The van der Waals surface area contributed by atoms with Crippen LogP contribution in [0, 0.1) is 5.92 Å². The summed E-state index contributed by atoms with van der Waals surface area (Å²) in [6.45, 7) is 6.47. The molecule has 1 aliphatic rings. The summed E-state index contributed by atoms with van der Waals surface area (Å²) in [5.41, 5.74) is 0. The van der Waals surface area contributed by atoms with Gasteiger partial charge in [-0.2, -0.15) is 0 Å². The molecule has 1 N–H and O–H groups in total. The van der Waals surface area contributed by atoms with Crippen molar-refractivity contribution in [3.63, 3.8) is 0 Å². The predicted molar refractivity (Wildman–Crippen MR) is 47.4 cm³/mol. The second kappa shape index (κ2) is 6.20. The van der Waals surface area contributed by atoms with Crippen molar-refractivity contribution in [3.05, 3.63) is 0 Å². The first-order valence-corrected chi connectivity index (χ1v) is 4.53. The number of amides is 1. The van der Waals surface area contributed by atoms with Crippen LogP contribution in [0.15, 0.2) is 0 Å². The predicted octanol–water partition coefficient (Wildman–Crippen LogP) is 1.95. The standard InChI is InChI=1S/C7H13NO.C2H6/c1-6(9)8-5-7-3-2-4-7;1-2/h7H,2-5H2,1H3,(H,8,9);1-2H3. The van der Waals surface area contributed by atoms with Gasteiger partial charge in [-0.25, -0.2) is 0 Å². The van der Waals surface area contributed by atoms with E-state index in [4.69, 9.17) is 0 Å². The first-order valence-electron chi connectivity index (χ1n) is 4.53. The minimum atomic E-state index is 0.0990. The highest BCUT2D eigenvalue weighted by Crippen LogP contribution is 2.24. The number of carbonyl (C=O) groups excluding carboxylic acids is 1. The monoisotopic (exact) mass is 157 g/mol. The molecule has 0 aromatic carbocycles. The Morgan fingerprint density at radius 3 is 2.27 bits per heavy atom. The van der Waals surface area contributed by atoms with Crippen molar-refractivity contribution < 1.29 is 4.79 Å². The van der Waals surface area contributed by atoms with Gasteiger partial charge >= 0.3 is 0 Å². The highest BCUT2D eigenvalue weighted by Gasteiger charge is 2.16. The van der Waals surface area contributed by atoms with Crippen molar-refractivity contribution in [3.8, 4) is 0 Å². The van der Waals surface area contributed by atoms with Crippen molar-refractivity contribution in [1.29, 1.82) is 0 Å². The second-order valence-corrected chi connectivity index (χ2v) is 2.73. The Morgan fingerprint density at radius 2 is 2.00 bits per heavy atom. The molecule has 0 radical (unpaired) electrons. The molecule has 1 amide bonds. The number of hydrogen-bond donors (Lipinski definition) is 1. The molecule has 0 bridgehead atoms. The lowest BCUT2D eigenvalue weighted by Gasteiger charge is -2.24. The maximum Gasteiger partial charge on any atom is 0.216 e. The Bertz CT molecular complexity index is 108. The van der Waals surface area contributed by atoms with Crippen molar-refractivity contribution in [1.82, 2.24) is 5.32 Å². The summed E-state index contributed by atoms with van der Waals surface area (Å²) < 4.78 is 0. The number of rotatable bonds is 2. The van der Waals surface area contributed by atoms with Crippen LogP contribution in [-0.4, -0.2) is 12.5 Å². The molecule has 0 atom stereocenters. The molecule has 11 heavy (non-hydrogen) atoms. The van der Waals surface area contributed by atoms with Crippen molar-refractivity contribution in [2.24, 2.45) is 5.92 Å². The number of nitrogens with one attached hydrogen (secondary N) is 1. The average Bonchev–Trinajstić information content (AvgIpc) is 1.88. The minimum absolute atomic E-state index is 0.0990. The van der Waals surface area contributed by atoms with E-state index in [9.17, 15) is 4.79 Å². The van der Waals surface area contributed by atoms with Crippen molar-refractivity contribution in [2.45, 2.75) is 40.0 Å². The number of carbonyl (C=O) groups is 1. The maximum absolute atomic E-state index is 10.4. The topological polar surface area (TPSA) is 29.1 Å². The van der Waals surface area contributed by atoms with E-state index in [1.807, 2.05) is 13.8 Å². The third kappa shape index (κ3) is 4.82. The Morgan fingerprint density at radius 1 is 1.45 bits per heavy atom. The lowest BCUT2D eigenvalue weighted by atomic mass is 9.85. The Balaban J connectivity index is 0.000000461. The zero-order valence-electron chi connectivity index (χ0n) is 7.81. The van der Waals surface area contributed by atoms with E-state index in [0.717, 1.165) is 12.5 Å². The molecule has 0 spiro atoms. The van der Waals surface area contributed by atoms with Gasteiger partial charge in [0.05, 0.1) is 0 Å². The van der Waals surface area contributed by atoms with E-state index in [2.05, 4.69) is 5.32 Å². The van der Waals surface area contributed by atoms with Gasteiger partial charge in [0.25, 0.3) is 0 Å². The highest BCUT2D eigenvalue weighted by molar-refractivity contribution is 5.72. The van der Waals surface area contributed by atoms with Crippen LogP contribution in [0.5, 0.6) is 0 Å². The molecule has 0 aromatic heterocycles. The van der Waals surface area contributed by atoms with E-state index in [1.165, 1.54) is 19.3 Å². The molecular formula is C9H19NO. The van der Waals surface area contributed by atoms with Crippen LogP contribution in [0.3, 0.4) is 0 Å². The SMILES string of the molecule is CC.CC(=O)NCC1CCC1. The van der Waals surface area contributed by atoms with Gasteiger partial charge in [-0.15, -0.1) is 0 Å². The van der Waals surface area contributed by atoms with E-state index >= 15 is 0 Å². The lowest BCUT2D eigenvalue weighted by Crippen LogP contribution is -2.30. The fraction of sp³-hybridized carbons (Fsp3) is 0.889. The molecule has 2 nitrogen and oxygen atoms in total. The highest BCUT2D eigenvalue weighted by atomic mass is 16.1. The van der Waals surface area contributed by atoms with Gasteiger partial charge in [-0.3, -0.25) is 4.79 Å². The lowest BCUT2D eigenvalue weighted by molar-refractivity contribution is -0.119. The normalized spacial score (nSPS) is 15.9. The van der Waals surface area contributed by atoms with E-state index in [1.54, 1.807) is 6.92 Å². The van der Waals surface area contributed by atoms with Crippen LogP contribution in [0.1, 0.15) is 40.0 Å². The zero-order chi connectivity index (χ0) is 8.69. The summed E-state index contributed by atoms with van der Waals surface area (Å²) in [7, 11) is 0. The molecule has 1 saturated carbocycles. The van der Waals surface area contributed by atoms with Crippen LogP contribution in [-0.2, 0) is 4.79 Å². The summed E-state index contributed by atoms with van der Waals surface area (Å²) >= 11 is 0. The molecule has 0 aliphatic heterocycles. The van der Waals surface area contributed by atoms with Gasteiger partial charge in [-0.05, 0) is 18.8 Å². The molecule has 1 fully saturated rings. The van der Waals surface area contributed by atoms with Crippen molar-refractivity contribution >= 4 is 5.91 Å². The average molecular weight is 157 g/mol. The fourth-order valence-electron chi connectivity index (χ4n) is 0.985. The van der Waals surface area contributed by atoms with Crippen molar-refractivity contribution in [2.75, 3.05) is 6.54 Å². The summed E-state index contributed by atoms with van der Waals surface area (Å²) in [6.07, 6.45) is 3.96. The molecule has 2 heteroatoms. The summed E-state index contributed by atoms with van der Waals surface area (Å²) in [6, 6.07) is 0. The molecule has 0 aromatic rings. The van der Waals surface area contributed by atoms with Gasteiger partial charge in [-0.1, -0.05) is 20.3 Å². The molecular weight excluding hydrogens is 138 g/mol. The van der Waals surface area contributed by atoms with Crippen LogP contribution in [0.2, 0.25) is 0 Å². The smallest absolute Gasteiger partial charge is 0.216 e. The Labute approximate surface area is 69.4 Å². The third-order valence-electron chi connectivity index (χ3n) is 1.86. The van der Waals surface area contributed by atoms with Gasteiger partial charge in [0.2, 0.25) is 5.91 Å². The Kier molecular flexibility index (Phi) is 5.90. The van der Waals surface area contributed by atoms with Gasteiger partial charge in [0.1, 0.15) is 0 Å². The molecule has 0 unspecified atom stereocenters. The quantitative estimate of drug-likeness (QED) is 0.652. The van der Waals surface area contributed by atoms with Gasteiger partial charge in [0, 0.05) is 13.5 Å². The van der Waals surface area contributed by atoms with E-state index in [0.29, 0.717) is 0 Å². The van der Waals surface area contributed by atoms with Gasteiger partial charge < -0.3 is 5.32 Å². The molecule has 0 saturated heterocycles. The van der Waals surface area contributed by atoms with Crippen LogP contribution in [0.4, 0.5) is 0 Å². The fourth-order valence-corrected chi connectivity index (χ4v) is 0.985. The third-order valence-corrected chi connectivity index (χ3v) is 1.86. The van der Waals surface area contributed by atoms with Crippen LogP contribution >= 0.6 is 0 Å². The zero-order valence-corrected chi connectivity index (χ0v) is 7.81. The largest absolute Gasteiger partial charge is 0.356 e. The first kappa shape index (κ1) is 10.5. The minimum Gasteiger partial charge on any atom is -0.356 e. The van der Waals surface area contributed by atoms with E-state index in [-0.39, 0.29) is 5.91 Å². The van der Waals surface area contributed by atoms with Gasteiger partial charge in [0.15, 0.2) is 0 Å². The molecule has 1 rings (SSSR count). The van der Waals surface area contributed by atoms with E-state index < -0.39 is 0 Å². The molecule has 0 heterocycles. The Hall–Kier alpha value is -0.530. The van der Waals surface area contributed by atoms with Crippen LogP contribution in [0.25, 0.3) is 0 Å². The number of hydrogen-bond acceptors (Lipinski definition) is 1. The summed E-state index contributed by atoms with van der Waals surface area (Å²) in [5.74, 6) is 0.885. The molecule has 1 aliphatic carbocycles. The summed E-state index contributed by atoms with van der Waals surface area (Å²) in [4.78, 5) is 10.4. The second-order valence-electron chi connectivity index (χ2n) is 2.73. The van der Waals surface area contributed by atoms with Crippen LogP contribution < -0.4 is 5.32 Å². The first-order chi connectivity index (χ1) is 5.29. The maximum atomic E-state index is 10.4.